The van der Waals surface area contributed by atoms with Gasteiger partial charge in [-0.2, -0.15) is 0 Å². The summed E-state index contributed by atoms with van der Waals surface area (Å²) in [6.45, 7) is 0. The maximum absolute atomic E-state index is 2.34. The fraction of sp³-hybridized carbons (Fsp3) is 0.538. The summed E-state index contributed by atoms with van der Waals surface area (Å²) in [5.74, 6) is 1.01. The summed E-state index contributed by atoms with van der Waals surface area (Å²) in [6.07, 6.45) is 4.18. The summed E-state index contributed by atoms with van der Waals surface area (Å²) in [7, 11) is 8.34. The molecule has 1 aliphatic rings. The van der Waals surface area contributed by atoms with E-state index in [1.165, 1.54) is 24.6 Å². The van der Waals surface area contributed by atoms with E-state index in [9.17, 15) is 0 Å². The van der Waals surface area contributed by atoms with Gasteiger partial charge in [-0.15, -0.1) is 0 Å². The third-order valence-electron chi connectivity index (χ3n) is 2.18. The van der Waals surface area contributed by atoms with Crippen molar-refractivity contribution in [1.29, 1.82) is 0 Å². The highest BCUT2D eigenvalue weighted by molar-refractivity contribution is 6.53. The monoisotopic (exact) mass is 202 g/mol. The molecule has 1 fully saturated rings. The highest BCUT2D eigenvalue weighted by Crippen LogP contribution is 2.32. The summed E-state index contributed by atoms with van der Waals surface area (Å²) in [6, 6.07) is 10.6. The van der Waals surface area contributed by atoms with Crippen molar-refractivity contribution in [2.24, 2.45) is 5.92 Å². The quantitative estimate of drug-likeness (QED) is 0.678. The van der Waals surface area contributed by atoms with Gasteiger partial charge in [0.1, 0.15) is 0 Å². The van der Waals surface area contributed by atoms with Crippen LogP contribution in [0.25, 0.3) is 0 Å². The molecule has 81 valence electrons. The molecule has 0 N–H and O–H groups in total. The van der Waals surface area contributed by atoms with Crippen molar-refractivity contribution < 1.29 is 0 Å². The van der Waals surface area contributed by atoms with E-state index in [-0.39, 0.29) is 0 Å². The summed E-state index contributed by atoms with van der Waals surface area (Å²) >= 11 is 0. The van der Waals surface area contributed by atoms with Gasteiger partial charge in [-0.05, 0) is 27.1 Å². The predicted molar refractivity (Wildman–Crippen MR) is 69.0 cm³/mol. The van der Waals surface area contributed by atoms with Crippen LogP contribution >= 0.6 is 0 Å². The molecule has 0 aliphatic heterocycles. The first-order valence-corrected chi connectivity index (χ1v) is 5.67. The van der Waals surface area contributed by atoms with Gasteiger partial charge in [0.2, 0.25) is 0 Å². The van der Waals surface area contributed by atoms with Crippen LogP contribution in [0.2, 0.25) is 6.32 Å². The molecule has 0 unspecified atom stereocenters. The second-order valence-electron chi connectivity index (χ2n) is 4.64. The lowest BCUT2D eigenvalue weighted by atomic mass is 9.66. The molecule has 0 bridgehead atoms. The highest BCUT2D eigenvalue weighted by Gasteiger charge is 2.20. The van der Waals surface area contributed by atoms with Crippen LogP contribution in [0.3, 0.4) is 0 Å². The second-order valence-corrected chi connectivity index (χ2v) is 4.64. The minimum absolute atomic E-state index is 1.01. The normalized spacial score (nSPS) is 14.4. The van der Waals surface area contributed by atoms with Crippen LogP contribution in [0, 0.1) is 5.92 Å². The lowest BCUT2D eigenvalue weighted by Gasteiger charge is -1.95. The first kappa shape index (κ1) is 12.3. The molecule has 15 heavy (non-hydrogen) atoms. The number of nitrogens with zero attached hydrogens (tertiary/aromatic N) is 1. The maximum atomic E-state index is 2.34. The molecule has 1 saturated carbocycles. The van der Waals surface area contributed by atoms with Crippen LogP contribution in [-0.4, -0.2) is 33.3 Å². The Kier molecular flexibility index (Phi) is 5.48. The van der Waals surface area contributed by atoms with Gasteiger partial charge >= 0.3 is 0 Å². The Hall–Kier alpha value is -0.755. The molecule has 0 aromatic heterocycles. The van der Waals surface area contributed by atoms with Gasteiger partial charge in [0.05, 0.1) is 0 Å². The van der Waals surface area contributed by atoms with Gasteiger partial charge in [0.25, 0.3) is 0 Å². The summed E-state index contributed by atoms with van der Waals surface area (Å²) < 4.78 is 0. The third-order valence-corrected chi connectivity index (χ3v) is 2.18. The van der Waals surface area contributed by atoms with Crippen molar-refractivity contribution in [2.75, 3.05) is 21.1 Å². The Labute approximate surface area is 94.7 Å². The van der Waals surface area contributed by atoms with Crippen LogP contribution < -0.4 is 5.46 Å². The molecule has 2 heteroatoms. The number of hydrogen-bond acceptors (Lipinski definition) is 1. The van der Waals surface area contributed by atoms with Crippen molar-refractivity contribution >= 4 is 12.7 Å². The largest absolute Gasteiger partial charge is 0.312 e. The second kappa shape index (κ2) is 6.68. The summed E-state index contributed by atoms with van der Waals surface area (Å²) in [5.41, 5.74) is 1.37. The van der Waals surface area contributed by atoms with Gasteiger partial charge in [0.15, 0.2) is 7.28 Å². The number of rotatable bonds is 3. The Morgan fingerprint density at radius 2 is 1.67 bits per heavy atom. The van der Waals surface area contributed by atoms with Crippen molar-refractivity contribution in [3.8, 4) is 0 Å². The molecule has 0 heterocycles. The molecule has 1 aromatic rings. The molecule has 0 amide bonds. The lowest BCUT2D eigenvalue weighted by molar-refractivity contribution is 0.505. The van der Waals surface area contributed by atoms with Crippen LogP contribution in [0.15, 0.2) is 30.3 Å². The zero-order chi connectivity index (χ0) is 11.1. The molecular formula is C13H21BN. The molecule has 2 rings (SSSR count). The molecular weight excluding hydrogens is 181 g/mol. The minimum atomic E-state index is 1.01. The SMILES string of the molecule is CN(C)C.[B](CC1CC1)c1ccccc1. The van der Waals surface area contributed by atoms with Crippen molar-refractivity contribution in [3.63, 3.8) is 0 Å². The van der Waals surface area contributed by atoms with Gasteiger partial charge in [0, 0.05) is 0 Å². The standard InChI is InChI=1S/C10H12B.C3H9N/c1-2-4-10(5-3-1)11-8-9-6-7-9;1-4(2)3/h1-5,9H,6-8H2;1-3H3. The number of benzene rings is 1. The van der Waals surface area contributed by atoms with Gasteiger partial charge < -0.3 is 4.90 Å². The molecule has 1 aliphatic carbocycles. The molecule has 1 nitrogen and oxygen atoms in total. The Balaban J connectivity index is 0.000000245. The van der Waals surface area contributed by atoms with Crippen LogP contribution in [0.1, 0.15) is 12.8 Å². The Morgan fingerprint density at radius 3 is 2.13 bits per heavy atom. The Morgan fingerprint density at radius 1 is 1.13 bits per heavy atom. The molecule has 0 spiro atoms. The minimum Gasteiger partial charge on any atom is -0.312 e. The van der Waals surface area contributed by atoms with Crippen molar-refractivity contribution in [3.05, 3.63) is 30.3 Å². The van der Waals surface area contributed by atoms with Crippen LogP contribution in [-0.2, 0) is 0 Å². The first-order valence-electron chi connectivity index (χ1n) is 5.67. The topological polar surface area (TPSA) is 3.24 Å². The zero-order valence-electron chi connectivity index (χ0n) is 10.1. The van der Waals surface area contributed by atoms with Crippen LogP contribution in [0.5, 0.6) is 0 Å². The fourth-order valence-electron chi connectivity index (χ4n) is 1.25. The zero-order valence-corrected chi connectivity index (χ0v) is 10.1. The van der Waals surface area contributed by atoms with Gasteiger partial charge in [-0.25, -0.2) is 0 Å². The summed E-state index contributed by atoms with van der Waals surface area (Å²) in [4.78, 5) is 2.00. The third kappa shape index (κ3) is 7.21. The van der Waals surface area contributed by atoms with Gasteiger partial charge in [-0.3, -0.25) is 0 Å². The Bertz CT molecular complexity index is 252. The lowest BCUT2D eigenvalue weighted by Crippen LogP contribution is -2.12. The predicted octanol–water partition coefficient (Wildman–Crippen LogP) is 2.02. The molecule has 0 atom stereocenters. The van der Waals surface area contributed by atoms with E-state index < -0.39 is 0 Å². The van der Waals surface area contributed by atoms with E-state index in [0.717, 1.165) is 5.92 Å². The smallest absolute Gasteiger partial charge is 0.151 e. The average molecular weight is 202 g/mol. The summed E-state index contributed by atoms with van der Waals surface area (Å²) in [5, 5.41) is 0. The average Bonchev–Trinajstić information content (AvgIpc) is 2.99. The van der Waals surface area contributed by atoms with E-state index in [1.54, 1.807) is 0 Å². The van der Waals surface area contributed by atoms with Crippen molar-refractivity contribution in [2.45, 2.75) is 19.2 Å². The molecule has 1 aromatic carbocycles. The van der Waals surface area contributed by atoms with Gasteiger partial charge in [-0.1, -0.05) is 55.0 Å². The first-order chi connectivity index (χ1) is 7.18. The molecule has 0 saturated heterocycles. The molecule has 1 radical (unpaired) electrons. The van der Waals surface area contributed by atoms with E-state index in [2.05, 4.69) is 37.6 Å². The van der Waals surface area contributed by atoms with E-state index >= 15 is 0 Å². The van der Waals surface area contributed by atoms with Crippen molar-refractivity contribution in [1.82, 2.24) is 4.90 Å². The van der Waals surface area contributed by atoms with E-state index in [4.69, 9.17) is 0 Å². The van der Waals surface area contributed by atoms with E-state index in [0.29, 0.717) is 0 Å². The van der Waals surface area contributed by atoms with Crippen LogP contribution in [0.4, 0.5) is 0 Å². The number of hydrogen-bond donors (Lipinski definition) is 0. The highest BCUT2D eigenvalue weighted by atomic mass is 15.0. The maximum Gasteiger partial charge on any atom is 0.151 e. The van der Waals surface area contributed by atoms with E-state index in [1.807, 2.05) is 26.0 Å². The fourth-order valence-corrected chi connectivity index (χ4v) is 1.25.